The van der Waals surface area contributed by atoms with Crippen LogP contribution in [0.1, 0.15) is 18.9 Å². The summed E-state index contributed by atoms with van der Waals surface area (Å²) in [5.74, 6) is 0.763. The molecule has 2 aromatic carbocycles. The number of nitrogen functional groups attached to an aromatic ring is 1. The number of nitrogens with one attached hydrogen (secondary N) is 2. The number of ether oxygens (including phenoxy) is 1. The van der Waals surface area contributed by atoms with E-state index in [4.69, 9.17) is 10.5 Å². The van der Waals surface area contributed by atoms with E-state index >= 15 is 0 Å². The first-order chi connectivity index (χ1) is 11.6. The molecular weight excluding hydrogens is 386 g/mol. The third-order valence-electron chi connectivity index (χ3n) is 3.66. The highest BCUT2D eigenvalue weighted by Gasteiger charge is 2.15. The third-order valence-corrected chi connectivity index (χ3v) is 5.33. The molecule has 4 N–H and O–H groups in total. The fraction of sp³-hybridized carbons (Fsp3) is 0.333. The molecule has 0 atom stereocenters. The molecular formula is C18H24BrN3OS. The van der Waals surface area contributed by atoms with Crippen molar-refractivity contribution in [1.29, 1.82) is 0 Å². The molecule has 2 aromatic rings. The molecule has 0 aromatic heterocycles. The largest absolute Gasteiger partial charge is 0.494 e. The zero-order valence-electron chi connectivity index (χ0n) is 14.3. The highest BCUT2D eigenvalue weighted by Crippen LogP contribution is 2.39. The molecule has 0 radical (unpaired) electrons. The summed E-state index contributed by atoms with van der Waals surface area (Å²) in [4.78, 5) is 1.23. The predicted molar refractivity (Wildman–Crippen MR) is 109 cm³/mol. The van der Waals surface area contributed by atoms with E-state index in [9.17, 15) is 0 Å². The van der Waals surface area contributed by atoms with Gasteiger partial charge in [-0.1, -0.05) is 13.0 Å². The molecule has 0 aliphatic carbocycles. The monoisotopic (exact) mass is 409 g/mol. The van der Waals surface area contributed by atoms with Gasteiger partial charge in [0.25, 0.3) is 0 Å². The molecule has 0 unspecified atom stereocenters. The number of thioether (sulfide) groups is 1. The van der Waals surface area contributed by atoms with Gasteiger partial charge in [-0.05, 0) is 58.4 Å². The number of anilines is 3. The number of nitrogens with two attached hydrogens (primary N) is 1. The van der Waals surface area contributed by atoms with Crippen LogP contribution >= 0.6 is 27.7 Å². The Morgan fingerprint density at radius 3 is 2.71 bits per heavy atom. The molecule has 0 aliphatic heterocycles. The van der Waals surface area contributed by atoms with E-state index < -0.39 is 0 Å². The fourth-order valence-electron chi connectivity index (χ4n) is 2.36. The van der Waals surface area contributed by atoms with Gasteiger partial charge in [0, 0.05) is 28.1 Å². The Kier molecular flexibility index (Phi) is 7.12. The Balaban J connectivity index is 2.22. The number of rotatable bonds is 8. The summed E-state index contributed by atoms with van der Waals surface area (Å²) in [7, 11) is 1.67. The minimum Gasteiger partial charge on any atom is -0.494 e. The molecule has 0 fully saturated rings. The van der Waals surface area contributed by atoms with Gasteiger partial charge in [0.1, 0.15) is 11.4 Å². The van der Waals surface area contributed by atoms with Crippen LogP contribution in [0.15, 0.2) is 39.7 Å². The molecule has 0 spiro atoms. The molecule has 0 amide bonds. The van der Waals surface area contributed by atoms with Crippen LogP contribution in [0.4, 0.5) is 17.1 Å². The molecule has 0 bridgehead atoms. The van der Waals surface area contributed by atoms with Gasteiger partial charge in [0.05, 0.1) is 12.8 Å². The van der Waals surface area contributed by atoms with Gasteiger partial charge in [-0.25, -0.2) is 0 Å². The molecule has 24 heavy (non-hydrogen) atoms. The Morgan fingerprint density at radius 2 is 2.04 bits per heavy atom. The molecule has 4 nitrogen and oxygen atoms in total. The maximum atomic E-state index is 6.29. The summed E-state index contributed by atoms with van der Waals surface area (Å²) >= 11 is 5.35. The molecule has 0 saturated heterocycles. The van der Waals surface area contributed by atoms with Crippen molar-refractivity contribution >= 4 is 44.8 Å². The first-order valence-corrected chi connectivity index (χ1v) is 9.89. The standard InChI is InChI=1S/C18H24BrN3OS/c1-4-8-21-18-15(23-2)9-12(16(19)17(18)20)11-22-13-6-5-7-14(10-13)24-3/h5-7,9-10,21-22H,4,8,11,20H2,1-3H3. The molecule has 130 valence electrons. The van der Waals surface area contributed by atoms with Crippen LogP contribution in [0.25, 0.3) is 0 Å². The number of hydrogen-bond donors (Lipinski definition) is 3. The van der Waals surface area contributed by atoms with Gasteiger partial charge in [-0.15, -0.1) is 11.8 Å². The molecule has 0 saturated carbocycles. The lowest BCUT2D eigenvalue weighted by Gasteiger charge is -2.18. The lowest BCUT2D eigenvalue weighted by Crippen LogP contribution is -2.08. The molecule has 0 aliphatic rings. The zero-order valence-corrected chi connectivity index (χ0v) is 16.7. The number of benzene rings is 2. The first-order valence-electron chi connectivity index (χ1n) is 7.87. The van der Waals surface area contributed by atoms with Crippen LogP contribution < -0.4 is 21.1 Å². The third kappa shape index (κ3) is 4.51. The SMILES string of the molecule is CCCNc1c(OC)cc(CNc2cccc(SC)c2)c(Br)c1N. The van der Waals surface area contributed by atoms with Crippen molar-refractivity contribution in [1.82, 2.24) is 0 Å². The average molecular weight is 410 g/mol. The van der Waals surface area contributed by atoms with Gasteiger partial charge in [0.15, 0.2) is 0 Å². The Labute approximate surface area is 156 Å². The van der Waals surface area contributed by atoms with E-state index in [2.05, 4.69) is 64.0 Å². The van der Waals surface area contributed by atoms with Crippen molar-refractivity contribution in [2.45, 2.75) is 24.8 Å². The fourth-order valence-corrected chi connectivity index (χ4v) is 3.27. The summed E-state index contributed by atoms with van der Waals surface area (Å²) in [5, 5.41) is 6.78. The van der Waals surface area contributed by atoms with Crippen LogP contribution in [0, 0.1) is 0 Å². The van der Waals surface area contributed by atoms with Crippen molar-refractivity contribution in [3.05, 3.63) is 40.4 Å². The quantitative estimate of drug-likeness (QED) is 0.413. The topological polar surface area (TPSA) is 59.3 Å². The van der Waals surface area contributed by atoms with E-state index in [0.717, 1.165) is 40.1 Å². The highest BCUT2D eigenvalue weighted by molar-refractivity contribution is 9.10. The van der Waals surface area contributed by atoms with E-state index in [1.807, 2.05) is 6.07 Å². The Hall–Kier alpha value is -1.53. The van der Waals surface area contributed by atoms with Crippen LogP contribution in [0.3, 0.4) is 0 Å². The van der Waals surface area contributed by atoms with Crippen LogP contribution in [-0.4, -0.2) is 19.9 Å². The zero-order chi connectivity index (χ0) is 17.5. The maximum Gasteiger partial charge on any atom is 0.144 e. The Bertz CT molecular complexity index is 694. The first kappa shape index (κ1) is 18.8. The minimum absolute atomic E-state index is 0.660. The summed E-state index contributed by atoms with van der Waals surface area (Å²) in [6, 6.07) is 10.4. The van der Waals surface area contributed by atoms with E-state index in [1.165, 1.54) is 4.90 Å². The molecule has 0 heterocycles. The van der Waals surface area contributed by atoms with Gasteiger partial charge in [-0.2, -0.15) is 0 Å². The van der Waals surface area contributed by atoms with Crippen LogP contribution in [0.2, 0.25) is 0 Å². The predicted octanol–water partition coefficient (Wildman–Crippen LogP) is 5.20. The average Bonchev–Trinajstić information content (AvgIpc) is 2.62. The van der Waals surface area contributed by atoms with Crippen LogP contribution in [-0.2, 0) is 6.54 Å². The van der Waals surface area contributed by atoms with Gasteiger partial charge in [-0.3, -0.25) is 0 Å². The maximum absolute atomic E-state index is 6.29. The smallest absolute Gasteiger partial charge is 0.144 e. The number of hydrogen-bond acceptors (Lipinski definition) is 5. The number of methoxy groups -OCH3 is 1. The van der Waals surface area contributed by atoms with Gasteiger partial charge < -0.3 is 21.1 Å². The lowest BCUT2D eigenvalue weighted by atomic mass is 10.1. The van der Waals surface area contributed by atoms with Crippen molar-refractivity contribution in [3.8, 4) is 5.75 Å². The second kappa shape index (κ2) is 9.08. The summed E-state index contributed by atoms with van der Waals surface area (Å²) < 4.78 is 6.41. The minimum atomic E-state index is 0.660. The summed E-state index contributed by atoms with van der Waals surface area (Å²) in [5.41, 5.74) is 9.96. The Morgan fingerprint density at radius 1 is 1.25 bits per heavy atom. The summed E-state index contributed by atoms with van der Waals surface area (Å²) in [6.07, 6.45) is 3.10. The summed E-state index contributed by atoms with van der Waals surface area (Å²) in [6.45, 7) is 3.63. The van der Waals surface area contributed by atoms with Crippen LogP contribution in [0.5, 0.6) is 5.75 Å². The normalized spacial score (nSPS) is 10.5. The molecule has 6 heteroatoms. The highest BCUT2D eigenvalue weighted by atomic mass is 79.9. The lowest BCUT2D eigenvalue weighted by molar-refractivity contribution is 0.416. The second-order valence-corrected chi connectivity index (χ2v) is 7.03. The van der Waals surface area contributed by atoms with E-state index in [1.54, 1.807) is 18.9 Å². The number of halogens is 1. The van der Waals surface area contributed by atoms with E-state index in [-0.39, 0.29) is 0 Å². The van der Waals surface area contributed by atoms with Crippen molar-refractivity contribution in [3.63, 3.8) is 0 Å². The van der Waals surface area contributed by atoms with Gasteiger partial charge in [0.2, 0.25) is 0 Å². The van der Waals surface area contributed by atoms with Crippen molar-refractivity contribution in [2.24, 2.45) is 0 Å². The van der Waals surface area contributed by atoms with Crippen molar-refractivity contribution in [2.75, 3.05) is 36.3 Å². The van der Waals surface area contributed by atoms with E-state index in [0.29, 0.717) is 12.2 Å². The molecule has 2 rings (SSSR count). The second-order valence-electron chi connectivity index (χ2n) is 5.35. The van der Waals surface area contributed by atoms with Gasteiger partial charge >= 0.3 is 0 Å². The van der Waals surface area contributed by atoms with Crippen molar-refractivity contribution < 1.29 is 4.74 Å².